The molecule has 2 aliphatic rings. The van der Waals surface area contributed by atoms with Crippen molar-refractivity contribution in [1.82, 2.24) is 20.0 Å². The first-order chi connectivity index (χ1) is 16.1. The molecule has 0 saturated carbocycles. The van der Waals surface area contributed by atoms with Gasteiger partial charge in [0.2, 0.25) is 5.91 Å². The van der Waals surface area contributed by atoms with Crippen LogP contribution in [0.4, 0.5) is 22.0 Å². The lowest BCUT2D eigenvalue weighted by Gasteiger charge is -2.43. The Labute approximate surface area is 196 Å². The highest BCUT2D eigenvalue weighted by atomic mass is 32.1. The standard InChI is InChI=1S/C21H25F5N4O3S/c22-16(23)8-27-17(32)11-30-10-13(7-28-30)9-29-4-2-20(3-5-29)18-14(1-6-33-20)15(12-31)19(34-18)21(24,25)26/h7,10,16,31H,1-6,8-9,11-12H2,(H,27,32). The quantitative estimate of drug-likeness (QED) is 0.563. The Balaban J connectivity index is 1.39. The third-order valence-electron chi connectivity index (χ3n) is 6.19. The number of nitrogens with zero attached hydrogens (tertiary/aromatic N) is 3. The molecule has 0 atom stereocenters. The van der Waals surface area contributed by atoms with Crippen molar-refractivity contribution in [3.8, 4) is 0 Å². The van der Waals surface area contributed by atoms with Gasteiger partial charge in [0.25, 0.3) is 6.43 Å². The van der Waals surface area contributed by atoms with Crippen LogP contribution >= 0.6 is 11.3 Å². The van der Waals surface area contributed by atoms with Gasteiger partial charge in [0.05, 0.1) is 26.0 Å². The summed E-state index contributed by atoms with van der Waals surface area (Å²) in [5, 5.41) is 15.8. The lowest BCUT2D eigenvalue weighted by atomic mass is 9.84. The summed E-state index contributed by atoms with van der Waals surface area (Å²) in [5.74, 6) is -0.559. The van der Waals surface area contributed by atoms with E-state index in [2.05, 4.69) is 15.3 Å². The van der Waals surface area contributed by atoms with Gasteiger partial charge >= 0.3 is 6.18 Å². The van der Waals surface area contributed by atoms with Crippen LogP contribution in [0, 0.1) is 0 Å². The summed E-state index contributed by atoms with van der Waals surface area (Å²) in [4.78, 5) is 13.7. The number of aliphatic hydroxyl groups is 1. The van der Waals surface area contributed by atoms with Crippen molar-refractivity contribution >= 4 is 17.2 Å². The number of hydrogen-bond donors (Lipinski definition) is 2. The molecule has 2 aromatic heterocycles. The number of hydrogen-bond acceptors (Lipinski definition) is 6. The second-order valence-corrected chi connectivity index (χ2v) is 9.50. The fourth-order valence-corrected chi connectivity index (χ4v) is 6.04. The van der Waals surface area contributed by atoms with Crippen LogP contribution in [0.5, 0.6) is 0 Å². The molecule has 188 valence electrons. The van der Waals surface area contributed by atoms with Crippen LogP contribution in [0.15, 0.2) is 12.4 Å². The summed E-state index contributed by atoms with van der Waals surface area (Å²) in [6, 6.07) is 0. The lowest BCUT2D eigenvalue weighted by molar-refractivity contribution is -0.135. The second kappa shape index (κ2) is 9.88. The monoisotopic (exact) mass is 508 g/mol. The van der Waals surface area contributed by atoms with Gasteiger partial charge in [0.1, 0.15) is 17.0 Å². The highest BCUT2D eigenvalue weighted by molar-refractivity contribution is 7.12. The molecule has 4 heterocycles. The number of rotatable bonds is 7. The second-order valence-electron chi connectivity index (χ2n) is 8.48. The van der Waals surface area contributed by atoms with Crippen molar-refractivity contribution in [1.29, 1.82) is 0 Å². The first kappa shape index (κ1) is 25.0. The predicted molar refractivity (Wildman–Crippen MR) is 112 cm³/mol. The van der Waals surface area contributed by atoms with Gasteiger partial charge in [0, 0.05) is 41.8 Å². The van der Waals surface area contributed by atoms with Crippen LogP contribution in [0.1, 0.15) is 39.3 Å². The molecular weight excluding hydrogens is 483 g/mol. The van der Waals surface area contributed by atoms with Crippen LogP contribution in [-0.2, 0) is 47.4 Å². The van der Waals surface area contributed by atoms with Crippen LogP contribution in [0.3, 0.4) is 0 Å². The third kappa shape index (κ3) is 5.26. The molecule has 2 aromatic rings. The molecule has 7 nitrogen and oxygen atoms in total. The Hall–Kier alpha value is -2.09. The third-order valence-corrected chi connectivity index (χ3v) is 7.70. The van der Waals surface area contributed by atoms with Crippen LogP contribution in [-0.4, -0.2) is 58.4 Å². The number of amides is 1. The zero-order valence-corrected chi connectivity index (χ0v) is 19.0. The van der Waals surface area contributed by atoms with E-state index in [4.69, 9.17) is 4.74 Å². The highest BCUT2D eigenvalue weighted by Gasteiger charge is 2.47. The minimum Gasteiger partial charge on any atom is -0.392 e. The molecule has 1 amide bonds. The van der Waals surface area contributed by atoms with Gasteiger partial charge in [0.15, 0.2) is 0 Å². The normalized spacial score (nSPS) is 18.4. The Kier molecular flexibility index (Phi) is 7.27. The molecule has 1 fully saturated rings. The van der Waals surface area contributed by atoms with E-state index in [1.165, 1.54) is 4.68 Å². The van der Waals surface area contributed by atoms with E-state index in [-0.39, 0.29) is 12.1 Å². The van der Waals surface area contributed by atoms with E-state index in [9.17, 15) is 31.9 Å². The van der Waals surface area contributed by atoms with Crippen molar-refractivity contribution in [2.75, 3.05) is 26.2 Å². The zero-order valence-electron chi connectivity index (χ0n) is 18.2. The molecule has 0 bridgehead atoms. The maximum atomic E-state index is 13.5. The number of nitrogens with one attached hydrogen (secondary N) is 1. The van der Waals surface area contributed by atoms with Gasteiger partial charge in [-0.1, -0.05) is 0 Å². The minimum atomic E-state index is -4.52. The van der Waals surface area contributed by atoms with E-state index >= 15 is 0 Å². The number of thiophene rings is 1. The van der Waals surface area contributed by atoms with Crippen molar-refractivity contribution in [2.45, 2.75) is 57.2 Å². The Morgan fingerprint density at radius 1 is 1.32 bits per heavy atom. The molecule has 2 N–H and O–H groups in total. The largest absolute Gasteiger partial charge is 0.425 e. The van der Waals surface area contributed by atoms with E-state index in [1.807, 2.05) is 0 Å². The molecule has 1 saturated heterocycles. The summed E-state index contributed by atoms with van der Waals surface area (Å²) < 4.78 is 72.4. The van der Waals surface area contributed by atoms with Gasteiger partial charge in [-0.3, -0.25) is 14.4 Å². The molecule has 4 rings (SSSR count). The summed E-state index contributed by atoms with van der Waals surface area (Å²) in [5.41, 5.74) is 0.601. The number of carbonyl (C=O) groups is 1. The van der Waals surface area contributed by atoms with Gasteiger partial charge in [-0.25, -0.2) is 8.78 Å². The molecule has 13 heteroatoms. The average Bonchev–Trinajstić information content (AvgIpc) is 3.39. The minimum absolute atomic E-state index is 0.0254. The van der Waals surface area contributed by atoms with Gasteiger partial charge < -0.3 is 15.2 Å². The van der Waals surface area contributed by atoms with E-state index in [1.54, 1.807) is 12.4 Å². The fourth-order valence-electron chi connectivity index (χ4n) is 4.61. The number of ether oxygens (including phenoxy) is 1. The molecule has 2 aliphatic heterocycles. The predicted octanol–water partition coefficient (Wildman–Crippen LogP) is 2.90. The van der Waals surface area contributed by atoms with Crippen molar-refractivity contribution in [2.24, 2.45) is 0 Å². The van der Waals surface area contributed by atoms with Crippen LogP contribution < -0.4 is 5.32 Å². The number of alkyl halides is 5. The average molecular weight is 509 g/mol. The van der Waals surface area contributed by atoms with Crippen molar-refractivity contribution < 1.29 is 36.6 Å². The SMILES string of the molecule is O=C(Cn1cc(CN2CCC3(CC2)OCCc2c3sc(C(F)(F)F)c2CO)cn1)NCC(F)F. The number of aromatic nitrogens is 2. The lowest BCUT2D eigenvalue weighted by Crippen LogP contribution is -2.45. The van der Waals surface area contributed by atoms with Gasteiger partial charge in [-0.2, -0.15) is 18.3 Å². The Morgan fingerprint density at radius 3 is 2.71 bits per heavy atom. The number of likely N-dealkylation sites (tertiary alicyclic amines) is 1. The Bertz CT molecular complexity index is 1010. The van der Waals surface area contributed by atoms with E-state index < -0.39 is 42.1 Å². The summed E-state index contributed by atoms with van der Waals surface area (Å²) in [6.07, 6.45) is -2.47. The molecule has 0 aliphatic carbocycles. The van der Waals surface area contributed by atoms with E-state index in [0.717, 1.165) is 5.56 Å². The fraction of sp³-hybridized carbons (Fsp3) is 0.619. The molecular formula is C21H25F5N4O3S. The Morgan fingerprint density at radius 2 is 2.06 bits per heavy atom. The molecule has 34 heavy (non-hydrogen) atoms. The first-order valence-corrected chi connectivity index (χ1v) is 11.7. The maximum Gasteiger partial charge on any atom is 0.425 e. The number of piperidine rings is 1. The topological polar surface area (TPSA) is 79.6 Å². The van der Waals surface area contributed by atoms with E-state index in [0.29, 0.717) is 67.3 Å². The maximum absolute atomic E-state index is 13.5. The van der Waals surface area contributed by atoms with Gasteiger partial charge in [-0.05, 0) is 24.8 Å². The van der Waals surface area contributed by atoms with Crippen molar-refractivity contribution in [3.63, 3.8) is 0 Å². The number of aliphatic hydroxyl groups excluding tert-OH is 1. The highest BCUT2D eigenvalue weighted by Crippen LogP contribution is 2.50. The first-order valence-electron chi connectivity index (χ1n) is 10.9. The number of fused-ring (bicyclic) bond motifs is 2. The zero-order chi connectivity index (χ0) is 24.5. The molecule has 0 radical (unpaired) electrons. The summed E-state index contributed by atoms with van der Waals surface area (Å²) in [6.45, 7) is 0.504. The van der Waals surface area contributed by atoms with Crippen LogP contribution in [0.25, 0.3) is 0 Å². The van der Waals surface area contributed by atoms with Crippen molar-refractivity contribution in [3.05, 3.63) is 38.8 Å². The summed E-state index contributed by atoms with van der Waals surface area (Å²) >= 11 is 0.692. The molecule has 1 spiro atoms. The number of halogens is 5. The van der Waals surface area contributed by atoms with Crippen LogP contribution in [0.2, 0.25) is 0 Å². The van der Waals surface area contributed by atoms with Gasteiger partial charge in [-0.15, -0.1) is 11.3 Å². The molecule has 0 aromatic carbocycles. The number of carbonyl (C=O) groups excluding carboxylic acids is 1. The molecule has 0 unspecified atom stereocenters. The summed E-state index contributed by atoms with van der Waals surface area (Å²) in [7, 11) is 0. The smallest absolute Gasteiger partial charge is 0.392 e.